The van der Waals surface area contributed by atoms with Crippen molar-refractivity contribution in [3.63, 3.8) is 0 Å². The monoisotopic (exact) mass is 164 g/mol. The van der Waals surface area contributed by atoms with E-state index >= 15 is 0 Å². The van der Waals surface area contributed by atoms with Gasteiger partial charge in [0.1, 0.15) is 0 Å². The summed E-state index contributed by atoms with van der Waals surface area (Å²) in [5, 5.41) is 0. The molecule has 3 heteroatoms. The Hall–Kier alpha value is -1.01. The predicted octanol–water partition coefficient (Wildman–Crippen LogP) is 2.74. The van der Waals surface area contributed by atoms with E-state index in [2.05, 4.69) is 16.8 Å². The van der Waals surface area contributed by atoms with Crippen LogP contribution in [0.15, 0.2) is 23.4 Å². The Kier molecular flexibility index (Phi) is 2.94. The van der Waals surface area contributed by atoms with Crippen LogP contribution in [0, 0.1) is 6.57 Å². The number of rotatable bonds is 2. The van der Waals surface area contributed by atoms with Gasteiger partial charge in [-0.2, -0.15) is 0 Å². The van der Waals surface area contributed by atoms with E-state index < -0.39 is 0 Å². The first-order valence-corrected chi connectivity index (χ1v) is 4.31. The third-order valence-corrected chi connectivity index (χ3v) is 2.13. The minimum Gasteiger partial charge on any atom is -0.276 e. The Morgan fingerprint density at radius 1 is 1.73 bits per heavy atom. The molecule has 0 saturated heterocycles. The third kappa shape index (κ3) is 1.95. The number of hydrogen-bond donors (Lipinski definition) is 0. The lowest BCUT2D eigenvalue weighted by atomic mass is 10.4. The third-order valence-electron chi connectivity index (χ3n) is 1.18. The lowest BCUT2D eigenvalue weighted by Gasteiger charge is -1.98. The highest BCUT2D eigenvalue weighted by molar-refractivity contribution is 7.99. The molecule has 56 valence electrons. The van der Waals surface area contributed by atoms with Crippen LogP contribution in [-0.4, -0.2) is 10.7 Å². The fourth-order valence-electron chi connectivity index (χ4n) is 0.735. The molecular formula is C8H8N2S. The topological polar surface area (TPSA) is 17.2 Å². The van der Waals surface area contributed by atoms with E-state index in [1.807, 2.05) is 6.07 Å². The lowest BCUT2D eigenvalue weighted by molar-refractivity contribution is 1.28. The molecule has 0 fully saturated rings. The van der Waals surface area contributed by atoms with Gasteiger partial charge in [0, 0.05) is 17.3 Å². The van der Waals surface area contributed by atoms with Crippen molar-refractivity contribution in [2.75, 3.05) is 5.75 Å². The van der Waals surface area contributed by atoms with Gasteiger partial charge in [0.2, 0.25) is 5.69 Å². The Morgan fingerprint density at radius 2 is 2.55 bits per heavy atom. The van der Waals surface area contributed by atoms with E-state index in [-0.39, 0.29) is 0 Å². The molecule has 0 aromatic carbocycles. The average molecular weight is 164 g/mol. The van der Waals surface area contributed by atoms with Gasteiger partial charge in [-0.3, -0.25) is 4.98 Å². The van der Waals surface area contributed by atoms with E-state index in [4.69, 9.17) is 6.57 Å². The summed E-state index contributed by atoms with van der Waals surface area (Å²) in [7, 11) is 0. The smallest absolute Gasteiger partial charge is 0.218 e. The molecule has 1 aromatic heterocycles. The summed E-state index contributed by atoms with van der Waals surface area (Å²) in [6, 6.07) is 1.88. The summed E-state index contributed by atoms with van der Waals surface area (Å²) >= 11 is 1.67. The first kappa shape index (κ1) is 8.09. The van der Waals surface area contributed by atoms with Crippen molar-refractivity contribution in [2.45, 2.75) is 11.8 Å². The second kappa shape index (κ2) is 3.99. The van der Waals surface area contributed by atoms with E-state index in [0.717, 1.165) is 10.6 Å². The second-order valence-electron chi connectivity index (χ2n) is 1.89. The highest BCUT2D eigenvalue weighted by Gasteiger charge is 1.99. The molecule has 0 N–H and O–H groups in total. The predicted molar refractivity (Wildman–Crippen MR) is 46.9 cm³/mol. The number of nitrogens with zero attached hydrogens (tertiary/aromatic N) is 2. The summed E-state index contributed by atoms with van der Waals surface area (Å²) in [6.07, 6.45) is 3.32. The molecule has 1 aromatic rings. The minimum absolute atomic E-state index is 0.652. The molecule has 0 aliphatic carbocycles. The zero-order chi connectivity index (χ0) is 8.10. The van der Waals surface area contributed by atoms with Crippen molar-refractivity contribution in [3.8, 4) is 0 Å². The van der Waals surface area contributed by atoms with Crippen molar-refractivity contribution in [3.05, 3.63) is 29.9 Å². The van der Waals surface area contributed by atoms with Crippen LogP contribution in [0.4, 0.5) is 5.69 Å². The van der Waals surface area contributed by atoms with Crippen molar-refractivity contribution >= 4 is 17.4 Å². The second-order valence-corrected chi connectivity index (χ2v) is 3.19. The normalized spacial score (nSPS) is 9.09. The van der Waals surface area contributed by atoms with Crippen molar-refractivity contribution in [2.24, 2.45) is 0 Å². The molecule has 2 nitrogen and oxygen atoms in total. The molecule has 0 unspecified atom stereocenters. The molecule has 0 bridgehead atoms. The molecule has 0 saturated carbocycles. The van der Waals surface area contributed by atoms with Gasteiger partial charge < -0.3 is 0 Å². The fourth-order valence-corrected chi connectivity index (χ4v) is 1.45. The molecule has 0 radical (unpaired) electrons. The Balaban J connectivity index is 2.95. The summed E-state index contributed by atoms with van der Waals surface area (Å²) < 4.78 is 0. The largest absolute Gasteiger partial charge is 0.276 e. The standard InChI is InChI=1S/C8H8N2S/c1-3-11-8-4-5-10-6-7(8)9-2/h4-6H,3H2,1H3. The number of aromatic nitrogens is 1. The summed E-state index contributed by atoms with van der Waals surface area (Å²) in [5.74, 6) is 0.993. The van der Waals surface area contributed by atoms with Crippen LogP contribution in [-0.2, 0) is 0 Å². The first-order chi connectivity index (χ1) is 5.38. The average Bonchev–Trinajstić information content (AvgIpc) is 2.06. The number of hydrogen-bond acceptors (Lipinski definition) is 2. The first-order valence-electron chi connectivity index (χ1n) is 3.32. The SMILES string of the molecule is [C-]#[N+]c1cnccc1SCC. The van der Waals surface area contributed by atoms with Crippen LogP contribution >= 0.6 is 11.8 Å². The van der Waals surface area contributed by atoms with E-state index in [9.17, 15) is 0 Å². The zero-order valence-electron chi connectivity index (χ0n) is 6.24. The van der Waals surface area contributed by atoms with E-state index in [0.29, 0.717) is 5.69 Å². The van der Waals surface area contributed by atoms with Gasteiger partial charge in [-0.05, 0) is 11.8 Å². The molecule has 1 heterocycles. The number of thioether (sulfide) groups is 1. The molecule has 0 aliphatic rings. The molecule has 0 aliphatic heterocycles. The Bertz CT molecular complexity index is 278. The van der Waals surface area contributed by atoms with Gasteiger partial charge in [-0.1, -0.05) is 6.92 Å². The Morgan fingerprint density at radius 3 is 3.18 bits per heavy atom. The Labute approximate surface area is 70.5 Å². The van der Waals surface area contributed by atoms with Gasteiger partial charge in [-0.25, -0.2) is 4.85 Å². The zero-order valence-corrected chi connectivity index (χ0v) is 7.06. The highest BCUT2D eigenvalue weighted by Crippen LogP contribution is 2.27. The van der Waals surface area contributed by atoms with Gasteiger partial charge in [0.25, 0.3) is 0 Å². The van der Waals surface area contributed by atoms with Crippen LogP contribution in [0.5, 0.6) is 0 Å². The molecule has 0 spiro atoms. The summed E-state index contributed by atoms with van der Waals surface area (Å²) in [5.41, 5.74) is 0.652. The molecule has 1 rings (SSSR count). The van der Waals surface area contributed by atoms with Crippen molar-refractivity contribution < 1.29 is 0 Å². The maximum atomic E-state index is 6.83. The summed E-state index contributed by atoms with van der Waals surface area (Å²) in [6.45, 7) is 8.90. The van der Waals surface area contributed by atoms with Crippen molar-refractivity contribution in [1.29, 1.82) is 0 Å². The number of pyridine rings is 1. The van der Waals surface area contributed by atoms with Gasteiger partial charge in [0.05, 0.1) is 6.57 Å². The van der Waals surface area contributed by atoms with Crippen LogP contribution in [0.1, 0.15) is 6.92 Å². The molecule has 0 atom stereocenters. The molecule has 11 heavy (non-hydrogen) atoms. The quantitative estimate of drug-likeness (QED) is 0.494. The molecule has 0 amide bonds. The van der Waals surface area contributed by atoms with Gasteiger partial charge >= 0.3 is 0 Å². The van der Waals surface area contributed by atoms with Crippen LogP contribution in [0.3, 0.4) is 0 Å². The minimum atomic E-state index is 0.652. The maximum absolute atomic E-state index is 6.83. The fraction of sp³-hybridized carbons (Fsp3) is 0.250. The van der Waals surface area contributed by atoms with Crippen LogP contribution in [0.2, 0.25) is 0 Å². The summed E-state index contributed by atoms with van der Waals surface area (Å²) in [4.78, 5) is 8.25. The van der Waals surface area contributed by atoms with Crippen LogP contribution < -0.4 is 0 Å². The van der Waals surface area contributed by atoms with Crippen LogP contribution in [0.25, 0.3) is 4.85 Å². The van der Waals surface area contributed by atoms with Crippen molar-refractivity contribution in [1.82, 2.24) is 4.98 Å². The van der Waals surface area contributed by atoms with Gasteiger partial charge in [0.15, 0.2) is 0 Å². The van der Waals surface area contributed by atoms with E-state index in [1.165, 1.54) is 0 Å². The van der Waals surface area contributed by atoms with E-state index in [1.54, 1.807) is 24.2 Å². The highest BCUT2D eigenvalue weighted by atomic mass is 32.2. The molecular weight excluding hydrogens is 156 g/mol. The van der Waals surface area contributed by atoms with Gasteiger partial charge in [-0.15, -0.1) is 11.8 Å². The maximum Gasteiger partial charge on any atom is 0.218 e. The lowest BCUT2D eigenvalue weighted by Crippen LogP contribution is -1.75.